The van der Waals surface area contributed by atoms with Gasteiger partial charge in [-0.3, -0.25) is 10.3 Å². The van der Waals surface area contributed by atoms with E-state index in [0.717, 1.165) is 25.0 Å². The standard InChI is InChI=1S/C15H22N2O3/c1-3-19-14(18)15(2,12-6-4-8-16-10-12)17-11-13-7-5-9-20-13/h4,6,8,10,13,17H,3,5,7,9,11H2,1-2H3. The molecule has 2 unspecified atom stereocenters. The van der Waals surface area contributed by atoms with Crippen LogP contribution in [0, 0.1) is 0 Å². The molecule has 5 nitrogen and oxygen atoms in total. The number of hydrogen-bond acceptors (Lipinski definition) is 5. The summed E-state index contributed by atoms with van der Waals surface area (Å²) in [5.74, 6) is -0.286. The lowest BCUT2D eigenvalue weighted by molar-refractivity contribution is -0.151. The van der Waals surface area contributed by atoms with E-state index in [9.17, 15) is 4.79 Å². The van der Waals surface area contributed by atoms with Crippen LogP contribution in [0.1, 0.15) is 32.3 Å². The molecule has 1 aromatic rings. The highest BCUT2D eigenvalue weighted by Gasteiger charge is 2.37. The number of nitrogens with one attached hydrogen (secondary N) is 1. The minimum absolute atomic E-state index is 0.167. The van der Waals surface area contributed by atoms with E-state index >= 15 is 0 Å². The van der Waals surface area contributed by atoms with Crippen molar-refractivity contribution in [1.29, 1.82) is 0 Å². The molecular weight excluding hydrogens is 256 g/mol. The van der Waals surface area contributed by atoms with Gasteiger partial charge in [0.25, 0.3) is 0 Å². The fourth-order valence-corrected chi connectivity index (χ4v) is 2.35. The van der Waals surface area contributed by atoms with Crippen molar-refractivity contribution in [3.8, 4) is 0 Å². The normalized spacial score (nSPS) is 21.4. The van der Waals surface area contributed by atoms with Crippen molar-refractivity contribution in [2.45, 2.75) is 38.3 Å². The molecule has 1 aromatic heterocycles. The van der Waals surface area contributed by atoms with Crippen molar-refractivity contribution in [1.82, 2.24) is 10.3 Å². The number of aromatic nitrogens is 1. The molecule has 0 aromatic carbocycles. The van der Waals surface area contributed by atoms with Crippen LogP contribution in [0.2, 0.25) is 0 Å². The van der Waals surface area contributed by atoms with Crippen LogP contribution in [0.4, 0.5) is 0 Å². The van der Waals surface area contributed by atoms with Gasteiger partial charge < -0.3 is 9.47 Å². The highest BCUT2D eigenvalue weighted by Crippen LogP contribution is 2.23. The second kappa shape index (κ2) is 6.81. The molecule has 1 fully saturated rings. The Morgan fingerprint density at radius 3 is 3.10 bits per heavy atom. The van der Waals surface area contributed by atoms with E-state index in [1.807, 2.05) is 26.0 Å². The topological polar surface area (TPSA) is 60.5 Å². The van der Waals surface area contributed by atoms with Gasteiger partial charge >= 0.3 is 5.97 Å². The van der Waals surface area contributed by atoms with E-state index in [1.165, 1.54) is 0 Å². The first-order chi connectivity index (χ1) is 9.66. The van der Waals surface area contributed by atoms with Gasteiger partial charge in [0.2, 0.25) is 0 Å². The molecule has 0 radical (unpaired) electrons. The number of esters is 1. The predicted molar refractivity (Wildman–Crippen MR) is 75.2 cm³/mol. The summed E-state index contributed by atoms with van der Waals surface area (Å²) < 4.78 is 10.8. The quantitative estimate of drug-likeness (QED) is 0.801. The first kappa shape index (κ1) is 14.9. The summed E-state index contributed by atoms with van der Waals surface area (Å²) in [6.07, 6.45) is 5.66. The maximum absolute atomic E-state index is 12.3. The molecule has 2 atom stereocenters. The van der Waals surface area contributed by atoms with Gasteiger partial charge in [-0.2, -0.15) is 0 Å². The Bertz CT molecular complexity index is 432. The molecule has 1 saturated heterocycles. The van der Waals surface area contributed by atoms with E-state index in [4.69, 9.17) is 9.47 Å². The van der Waals surface area contributed by atoms with E-state index in [1.54, 1.807) is 12.4 Å². The maximum atomic E-state index is 12.3. The van der Waals surface area contributed by atoms with Crippen molar-refractivity contribution in [3.63, 3.8) is 0 Å². The van der Waals surface area contributed by atoms with Gasteiger partial charge in [-0.05, 0) is 32.8 Å². The second-order valence-electron chi connectivity index (χ2n) is 5.10. The Hall–Kier alpha value is -1.46. The zero-order valence-corrected chi connectivity index (χ0v) is 12.1. The molecule has 0 spiro atoms. The van der Waals surface area contributed by atoms with Crippen LogP contribution in [0.5, 0.6) is 0 Å². The monoisotopic (exact) mass is 278 g/mol. The lowest BCUT2D eigenvalue weighted by Gasteiger charge is -2.29. The minimum atomic E-state index is -0.893. The van der Waals surface area contributed by atoms with Crippen LogP contribution >= 0.6 is 0 Å². The molecule has 2 heterocycles. The summed E-state index contributed by atoms with van der Waals surface area (Å²) in [5.41, 5.74) is -0.0904. The van der Waals surface area contributed by atoms with Gasteiger partial charge in [-0.15, -0.1) is 0 Å². The van der Waals surface area contributed by atoms with Gasteiger partial charge in [-0.1, -0.05) is 6.07 Å². The van der Waals surface area contributed by atoms with Crippen molar-refractivity contribution >= 4 is 5.97 Å². The summed E-state index contributed by atoms with van der Waals surface area (Å²) in [7, 11) is 0. The first-order valence-electron chi connectivity index (χ1n) is 7.11. The van der Waals surface area contributed by atoms with Crippen LogP contribution in [-0.4, -0.2) is 36.8 Å². The lowest BCUT2D eigenvalue weighted by Crippen LogP contribution is -2.50. The van der Waals surface area contributed by atoms with Gasteiger partial charge in [0, 0.05) is 31.1 Å². The third kappa shape index (κ3) is 3.35. The van der Waals surface area contributed by atoms with Crippen molar-refractivity contribution in [3.05, 3.63) is 30.1 Å². The Morgan fingerprint density at radius 2 is 2.50 bits per heavy atom. The molecule has 20 heavy (non-hydrogen) atoms. The third-order valence-electron chi connectivity index (χ3n) is 3.63. The molecule has 0 amide bonds. The molecule has 5 heteroatoms. The molecule has 2 rings (SSSR count). The average Bonchev–Trinajstić information content (AvgIpc) is 2.99. The van der Waals surface area contributed by atoms with Gasteiger partial charge in [0.1, 0.15) is 5.54 Å². The molecule has 1 N–H and O–H groups in total. The third-order valence-corrected chi connectivity index (χ3v) is 3.63. The molecule has 0 saturated carbocycles. The Kier molecular flexibility index (Phi) is 5.09. The van der Waals surface area contributed by atoms with Crippen molar-refractivity contribution in [2.24, 2.45) is 0 Å². The number of hydrogen-bond donors (Lipinski definition) is 1. The van der Waals surface area contributed by atoms with Crippen LogP contribution in [0.25, 0.3) is 0 Å². The molecule has 1 aliphatic rings. The molecule has 1 aliphatic heterocycles. The highest BCUT2D eigenvalue weighted by molar-refractivity contribution is 5.82. The number of carbonyl (C=O) groups is 1. The lowest BCUT2D eigenvalue weighted by atomic mass is 9.93. The second-order valence-corrected chi connectivity index (χ2v) is 5.10. The Balaban J connectivity index is 2.12. The molecule has 0 aliphatic carbocycles. The SMILES string of the molecule is CCOC(=O)C(C)(NCC1CCCO1)c1cccnc1. The number of rotatable bonds is 6. The summed E-state index contributed by atoms with van der Waals surface area (Å²) in [6, 6.07) is 3.70. The number of ether oxygens (including phenoxy) is 2. The predicted octanol–water partition coefficient (Wildman–Crippen LogP) is 1.63. The average molecular weight is 278 g/mol. The number of nitrogens with zero attached hydrogens (tertiary/aromatic N) is 1. The smallest absolute Gasteiger partial charge is 0.330 e. The van der Waals surface area contributed by atoms with Crippen LogP contribution in [0.15, 0.2) is 24.5 Å². The van der Waals surface area contributed by atoms with Gasteiger partial charge in [-0.25, -0.2) is 4.79 Å². The number of carbonyl (C=O) groups excluding carboxylic acids is 1. The van der Waals surface area contributed by atoms with E-state index in [2.05, 4.69) is 10.3 Å². The fraction of sp³-hybridized carbons (Fsp3) is 0.600. The van der Waals surface area contributed by atoms with Gasteiger partial charge in [0.05, 0.1) is 12.7 Å². The molecule has 110 valence electrons. The van der Waals surface area contributed by atoms with Crippen LogP contribution in [0.3, 0.4) is 0 Å². The van der Waals surface area contributed by atoms with Crippen LogP contribution in [-0.2, 0) is 19.8 Å². The summed E-state index contributed by atoms with van der Waals surface area (Å²) in [5, 5.41) is 3.30. The van der Waals surface area contributed by atoms with E-state index in [0.29, 0.717) is 13.2 Å². The Labute approximate surface area is 119 Å². The maximum Gasteiger partial charge on any atom is 0.330 e. The summed E-state index contributed by atoms with van der Waals surface area (Å²) >= 11 is 0. The zero-order chi connectivity index (χ0) is 14.4. The fourth-order valence-electron chi connectivity index (χ4n) is 2.35. The highest BCUT2D eigenvalue weighted by atomic mass is 16.5. The summed E-state index contributed by atoms with van der Waals surface area (Å²) in [6.45, 7) is 5.43. The largest absolute Gasteiger partial charge is 0.464 e. The van der Waals surface area contributed by atoms with Gasteiger partial charge in [0.15, 0.2) is 0 Å². The van der Waals surface area contributed by atoms with E-state index in [-0.39, 0.29) is 12.1 Å². The molecule has 0 bridgehead atoms. The zero-order valence-electron chi connectivity index (χ0n) is 12.1. The van der Waals surface area contributed by atoms with Crippen molar-refractivity contribution in [2.75, 3.05) is 19.8 Å². The van der Waals surface area contributed by atoms with Crippen LogP contribution < -0.4 is 5.32 Å². The van der Waals surface area contributed by atoms with E-state index < -0.39 is 5.54 Å². The summed E-state index contributed by atoms with van der Waals surface area (Å²) in [4.78, 5) is 16.4. The molecular formula is C15H22N2O3. The van der Waals surface area contributed by atoms with Crippen molar-refractivity contribution < 1.29 is 14.3 Å². The minimum Gasteiger partial charge on any atom is -0.464 e. The first-order valence-corrected chi connectivity index (χ1v) is 7.11. The Morgan fingerprint density at radius 1 is 1.65 bits per heavy atom. The number of pyridine rings is 1.